The van der Waals surface area contributed by atoms with Crippen molar-refractivity contribution in [2.45, 2.75) is 25.7 Å². The van der Waals surface area contributed by atoms with Crippen molar-refractivity contribution in [3.63, 3.8) is 0 Å². The van der Waals surface area contributed by atoms with Gasteiger partial charge in [0.15, 0.2) is 0 Å². The van der Waals surface area contributed by atoms with Crippen LogP contribution in [0.25, 0.3) is 0 Å². The van der Waals surface area contributed by atoms with E-state index in [-0.39, 0.29) is 5.91 Å². The monoisotopic (exact) mass is 263 g/mol. The first-order valence-electron chi connectivity index (χ1n) is 6.65. The number of rotatable bonds is 6. The molecule has 1 aromatic rings. The van der Waals surface area contributed by atoms with Crippen LogP contribution in [0.3, 0.4) is 0 Å². The lowest BCUT2D eigenvalue weighted by molar-refractivity contribution is -0.135. The molecule has 0 aliphatic rings. The Bertz CT molecular complexity index is 412. The van der Waals surface area contributed by atoms with Gasteiger partial charge in [0.05, 0.1) is 5.41 Å². The lowest BCUT2D eigenvalue weighted by Gasteiger charge is -2.30. The fraction of sp³-hybridized carbons (Fsp3) is 0.533. The first-order chi connectivity index (χ1) is 8.89. The number of carbonyl (C=O) groups excluding carboxylic acids is 1. The average molecular weight is 263 g/mol. The van der Waals surface area contributed by atoms with E-state index in [1.54, 1.807) is 4.90 Å². The van der Waals surface area contributed by atoms with Gasteiger partial charge in [0.1, 0.15) is 0 Å². The lowest BCUT2D eigenvalue weighted by Crippen LogP contribution is -2.42. The number of nitrogens with zero attached hydrogens (tertiary/aromatic N) is 1. The number of amides is 1. The highest BCUT2D eigenvalue weighted by molar-refractivity contribution is 5.87. The van der Waals surface area contributed by atoms with Crippen molar-refractivity contribution < 1.29 is 4.79 Å². The third-order valence-electron chi connectivity index (χ3n) is 3.43. The molecule has 0 heterocycles. The standard InChI is InChI=1S/C15H25N3O/c1-15(2,12-6-8-13(16)9-7-12)14(19)18(4)11-5-10-17-3/h6-9,17H,5,10-11,16H2,1-4H3. The fourth-order valence-corrected chi connectivity index (χ4v) is 2.09. The van der Waals surface area contributed by atoms with E-state index in [1.807, 2.05) is 52.2 Å². The highest BCUT2D eigenvalue weighted by atomic mass is 16.2. The summed E-state index contributed by atoms with van der Waals surface area (Å²) in [6.07, 6.45) is 0.955. The number of carbonyl (C=O) groups is 1. The molecular formula is C15H25N3O. The average Bonchev–Trinajstić information content (AvgIpc) is 2.38. The van der Waals surface area contributed by atoms with Crippen molar-refractivity contribution in [1.82, 2.24) is 10.2 Å². The van der Waals surface area contributed by atoms with Crippen LogP contribution < -0.4 is 11.1 Å². The summed E-state index contributed by atoms with van der Waals surface area (Å²) < 4.78 is 0. The van der Waals surface area contributed by atoms with Crippen molar-refractivity contribution >= 4 is 11.6 Å². The third kappa shape index (κ3) is 3.96. The zero-order chi connectivity index (χ0) is 14.5. The van der Waals surface area contributed by atoms with Gasteiger partial charge in [-0.25, -0.2) is 0 Å². The van der Waals surface area contributed by atoms with Gasteiger partial charge in [-0.2, -0.15) is 0 Å². The number of nitrogen functional groups attached to an aromatic ring is 1. The molecule has 4 heteroatoms. The summed E-state index contributed by atoms with van der Waals surface area (Å²) >= 11 is 0. The Labute approximate surface area is 116 Å². The van der Waals surface area contributed by atoms with Crippen molar-refractivity contribution in [1.29, 1.82) is 0 Å². The Morgan fingerprint density at radius 1 is 1.32 bits per heavy atom. The van der Waals surface area contributed by atoms with Gasteiger partial charge in [-0.3, -0.25) is 4.79 Å². The van der Waals surface area contributed by atoms with E-state index in [1.165, 1.54) is 0 Å². The van der Waals surface area contributed by atoms with Crippen LogP contribution in [0, 0.1) is 0 Å². The smallest absolute Gasteiger partial charge is 0.232 e. The molecule has 3 N–H and O–H groups in total. The Hall–Kier alpha value is -1.55. The van der Waals surface area contributed by atoms with E-state index in [4.69, 9.17) is 5.73 Å². The van der Waals surface area contributed by atoms with Crippen LogP contribution >= 0.6 is 0 Å². The van der Waals surface area contributed by atoms with Gasteiger partial charge in [-0.1, -0.05) is 12.1 Å². The summed E-state index contributed by atoms with van der Waals surface area (Å²) in [4.78, 5) is 14.3. The van der Waals surface area contributed by atoms with Crippen LogP contribution in [0.5, 0.6) is 0 Å². The van der Waals surface area contributed by atoms with Crippen molar-refractivity contribution in [3.8, 4) is 0 Å². The SMILES string of the molecule is CNCCCN(C)C(=O)C(C)(C)c1ccc(N)cc1. The maximum Gasteiger partial charge on any atom is 0.232 e. The number of hydrogen-bond donors (Lipinski definition) is 2. The zero-order valence-electron chi connectivity index (χ0n) is 12.4. The maximum absolute atomic E-state index is 12.5. The summed E-state index contributed by atoms with van der Waals surface area (Å²) in [7, 11) is 3.77. The van der Waals surface area contributed by atoms with Crippen LogP contribution in [0.2, 0.25) is 0 Å². The number of benzene rings is 1. The number of hydrogen-bond acceptors (Lipinski definition) is 3. The summed E-state index contributed by atoms with van der Waals surface area (Å²) in [6.45, 7) is 5.59. The minimum absolute atomic E-state index is 0.133. The molecule has 0 radical (unpaired) electrons. The lowest BCUT2D eigenvalue weighted by atomic mass is 9.83. The highest BCUT2D eigenvalue weighted by Gasteiger charge is 2.31. The Balaban J connectivity index is 2.75. The molecule has 19 heavy (non-hydrogen) atoms. The zero-order valence-corrected chi connectivity index (χ0v) is 12.4. The van der Waals surface area contributed by atoms with Crippen molar-refractivity contribution in [2.24, 2.45) is 0 Å². The largest absolute Gasteiger partial charge is 0.399 e. The van der Waals surface area contributed by atoms with Crippen LogP contribution in [0.15, 0.2) is 24.3 Å². The van der Waals surface area contributed by atoms with Gasteiger partial charge in [-0.15, -0.1) is 0 Å². The molecule has 106 valence electrons. The highest BCUT2D eigenvalue weighted by Crippen LogP contribution is 2.26. The predicted molar refractivity (Wildman–Crippen MR) is 80.1 cm³/mol. The van der Waals surface area contributed by atoms with Gasteiger partial charge in [0, 0.05) is 19.3 Å². The normalized spacial score (nSPS) is 11.4. The minimum Gasteiger partial charge on any atom is -0.399 e. The first-order valence-corrected chi connectivity index (χ1v) is 6.65. The Morgan fingerprint density at radius 3 is 2.42 bits per heavy atom. The van der Waals surface area contributed by atoms with Gasteiger partial charge < -0.3 is 16.0 Å². The molecule has 1 rings (SSSR count). The van der Waals surface area contributed by atoms with E-state index in [0.29, 0.717) is 0 Å². The molecule has 0 saturated heterocycles. The number of nitrogens with two attached hydrogens (primary N) is 1. The van der Waals surface area contributed by atoms with Crippen LogP contribution in [-0.4, -0.2) is 38.0 Å². The van der Waals surface area contributed by atoms with E-state index >= 15 is 0 Å². The molecule has 0 bridgehead atoms. The number of anilines is 1. The summed E-state index contributed by atoms with van der Waals surface area (Å²) in [5.74, 6) is 0.133. The second-order valence-electron chi connectivity index (χ2n) is 5.43. The van der Waals surface area contributed by atoms with Gasteiger partial charge in [0.2, 0.25) is 5.91 Å². The molecule has 4 nitrogen and oxygen atoms in total. The first kappa shape index (κ1) is 15.5. The molecule has 0 aliphatic heterocycles. The topological polar surface area (TPSA) is 58.4 Å². The van der Waals surface area contributed by atoms with Gasteiger partial charge >= 0.3 is 0 Å². The molecule has 0 aliphatic carbocycles. The molecule has 0 aromatic heterocycles. The van der Waals surface area contributed by atoms with E-state index in [2.05, 4.69) is 5.32 Å². The van der Waals surface area contributed by atoms with Crippen LogP contribution in [-0.2, 0) is 10.2 Å². The molecule has 0 fully saturated rings. The predicted octanol–water partition coefficient (Wildman–Crippen LogP) is 1.61. The van der Waals surface area contributed by atoms with Crippen LogP contribution in [0.4, 0.5) is 5.69 Å². The summed E-state index contributed by atoms with van der Waals surface area (Å²) in [5, 5.41) is 3.09. The van der Waals surface area contributed by atoms with E-state index in [9.17, 15) is 4.79 Å². The molecule has 0 atom stereocenters. The van der Waals surface area contributed by atoms with Gasteiger partial charge in [0.25, 0.3) is 0 Å². The fourth-order valence-electron chi connectivity index (χ4n) is 2.09. The Kier molecular flexibility index (Phi) is 5.36. The number of likely N-dealkylation sites (N-methyl/N-ethyl adjacent to an activating group) is 1. The van der Waals surface area contributed by atoms with Crippen molar-refractivity contribution in [3.05, 3.63) is 29.8 Å². The van der Waals surface area contributed by atoms with E-state index in [0.717, 1.165) is 30.8 Å². The summed E-state index contributed by atoms with van der Waals surface area (Å²) in [5.41, 5.74) is 6.87. The molecule has 0 saturated carbocycles. The molecule has 0 spiro atoms. The third-order valence-corrected chi connectivity index (χ3v) is 3.43. The summed E-state index contributed by atoms with van der Waals surface area (Å²) in [6, 6.07) is 7.53. The quantitative estimate of drug-likeness (QED) is 0.605. The van der Waals surface area contributed by atoms with E-state index < -0.39 is 5.41 Å². The second kappa shape index (κ2) is 6.57. The molecule has 0 unspecified atom stereocenters. The molecule has 1 amide bonds. The Morgan fingerprint density at radius 2 is 1.89 bits per heavy atom. The molecule has 1 aromatic carbocycles. The second-order valence-corrected chi connectivity index (χ2v) is 5.43. The van der Waals surface area contributed by atoms with Gasteiger partial charge in [-0.05, 0) is 51.6 Å². The number of nitrogens with one attached hydrogen (secondary N) is 1. The maximum atomic E-state index is 12.5. The molecular weight excluding hydrogens is 238 g/mol. The minimum atomic E-state index is -0.526. The van der Waals surface area contributed by atoms with Crippen LogP contribution in [0.1, 0.15) is 25.8 Å². The van der Waals surface area contributed by atoms with Crippen molar-refractivity contribution in [2.75, 3.05) is 32.9 Å².